The topological polar surface area (TPSA) is 79.7 Å². The lowest BCUT2D eigenvalue weighted by Gasteiger charge is -2.32. The van der Waals surface area contributed by atoms with Gasteiger partial charge in [-0.2, -0.15) is 4.52 Å². The maximum absolute atomic E-state index is 13.2. The maximum atomic E-state index is 13.2. The van der Waals surface area contributed by atoms with Crippen LogP contribution in [0.15, 0.2) is 34.9 Å². The fraction of sp³-hybridized carbons (Fsp3) is 0.500. The highest BCUT2D eigenvalue weighted by molar-refractivity contribution is 5.46. The fourth-order valence-corrected chi connectivity index (χ4v) is 3.66. The summed E-state index contributed by atoms with van der Waals surface area (Å²) >= 11 is 0. The molecule has 1 N–H and O–H groups in total. The minimum Gasteiger partial charge on any atom is -0.467 e. The highest BCUT2D eigenvalue weighted by Crippen LogP contribution is 2.30. The number of halogens is 2. The van der Waals surface area contributed by atoms with Crippen molar-refractivity contribution in [2.75, 3.05) is 11.4 Å². The van der Waals surface area contributed by atoms with Gasteiger partial charge in [0.25, 0.3) is 6.43 Å². The molecule has 0 radical (unpaired) electrons. The van der Waals surface area contributed by atoms with Crippen molar-refractivity contribution in [2.45, 2.75) is 50.7 Å². The summed E-state index contributed by atoms with van der Waals surface area (Å²) in [7, 11) is 0. The highest BCUT2D eigenvalue weighted by atomic mass is 19.3. The van der Waals surface area contributed by atoms with Crippen LogP contribution in [0.25, 0.3) is 5.65 Å². The lowest BCUT2D eigenvalue weighted by atomic mass is 10.0. The van der Waals surface area contributed by atoms with Crippen LogP contribution in [0.5, 0.6) is 0 Å². The number of fused-ring (bicyclic) bond motifs is 1. The molecule has 0 aliphatic carbocycles. The lowest BCUT2D eigenvalue weighted by Crippen LogP contribution is -2.37. The molecule has 27 heavy (non-hydrogen) atoms. The Morgan fingerprint density at radius 3 is 2.85 bits per heavy atom. The van der Waals surface area contributed by atoms with Crippen molar-refractivity contribution in [1.82, 2.24) is 19.8 Å². The monoisotopic (exact) mass is 377 g/mol. The number of hydrogen-bond acceptors (Lipinski definition) is 6. The molecule has 0 saturated carbocycles. The summed E-state index contributed by atoms with van der Waals surface area (Å²) in [4.78, 5) is 2.09. The molecule has 1 fully saturated rings. The predicted octanol–water partition coefficient (Wildman–Crippen LogP) is 3.53. The Hall–Kier alpha value is -2.55. The third-order valence-electron chi connectivity index (χ3n) is 5.01. The molecule has 2 atom stereocenters. The SMILES string of the molecule is OC(CC1CCCCCN1c1ccc2nnc(C(F)F)n2n1)c1ccco1. The van der Waals surface area contributed by atoms with Crippen LogP contribution in [-0.2, 0) is 0 Å². The molecular formula is C18H21F2N5O2. The van der Waals surface area contributed by atoms with Crippen molar-refractivity contribution >= 4 is 11.5 Å². The molecule has 0 aromatic carbocycles. The molecular weight excluding hydrogens is 356 g/mol. The van der Waals surface area contributed by atoms with E-state index in [2.05, 4.69) is 20.2 Å². The van der Waals surface area contributed by atoms with Crippen molar-refractivity contribution in [3.8, 4) is 0 Å². The zero-order valence-electron chi connectivity index (χ0n) is 14.7. The van der Waals surface area contributed by atoms with Gasteiger partial charge >= 0.3 is 0 Å². The van der Waals surface area contributed by atoms with E-state index in [-0.39, 0.29) is 11.7 Å². The molecule has 144 valence electrons. The Balaban J connectivity index is 1.64. The summed E-state index contributed by atoms with van der Waals surface area (Å²) in [5, 5.41) is 22.2. The number of rotatable bonds is 5. The summed E-state index contributed by atoms with van der Waals surface area (Å²) in [6.07, 6.45) is 2.56. The molecule has 1 aliphatic heterocycles. The quantitative estimate of drug-likeness (QED) is 0.733. The third kappa shape index (κ3) is 3.64. The van der Waals surface area contributed by atoms with Crippen LogP contribution in [-0.4, -0.2) is 37.5 Å². The van der Waals surface area contributed by atoms with Crippen LogP contribution in [0.1, 0.15) is 56.2 Å². The van der Waals surface area contributed by atoms with E-state index in [1.165, 1.54) is 6.26 Å². The Morgan fingerprint density at radius 2 is 2.07 bits per heavy atom. The molecule has 4 heterocycles. The minimum atomic E-state index is -2.75. The summed E-state index contributed by atoms with van der Waals surface area (Å²) in [6, 6.07) is 6.95. The van der Waals surface area contributed by atoms with Gasteiger partial charge in [0, 0.05) is 19.0 Å². The summed E-state index contributed by atoms with van der Waals surface area (Å²) < 4.78 is 32.7. The molecule has 0 amide bonds. The van der Waals surface area contributed by atoms with Gasteiger partial charge in [0.1, 0.15) is 17.7 Å². The number of alkyl halides is 2. The van der Waals surface area contributed by atoms with E-state index in [0.717, 1.165) is 36.7 Å². The van der Waals surface area contributed by atoms with Gasteiger partial charge in [-0.3, -0.25) is 0 Å². The second kappa shape index (κ2) is 7.59. The largest absolute Gasteiger partial charge is 0.467 e. The molecule has 9 heteroatoms. The summed E-state index contributed by atoms with van der Waals surface area (Å²) in [5.41, 5.74) is 0.288. The zero-order chi connectivity index (χ0) is 18.8. The Labute approximate surface area is 154 Å². The number of furan rings is 1. The van der Waals surface area contributed by atoms with E-state index in [9.17, 15) is 13.9 Å². The highest BCUT2D eigenvalue weighted by Gasteiger charge is 2.27. The average molecular weight is 377 g/mol. The first-order chi connectivity index (χ1) is 13.1. The number of hydrogen-bond donors (Lipinski definition) is 1. The number of aromatic nitrogens is 4. The van der Waals surface area contributed by atoms with Gasteiger partial charge in [-0.05, 0) is 37.1 Å². The van der Waals surface area contributed by atoms with Crippen LogP contribution >= 0.6 is 0 Å². The Morgan fingerprint density at radius 1 is 1.19 bits per heavy atom. The fourth-order valence-electron chi connectivity index (χ4n) is 3.66. The van der Waals surface area contributed by atoms with Crippen molar-refractivity contribution in [3.05, 3.63) is 42.1 Å². The molecule has 3 aromatic heterocycles. The molecule has 0 bridgehead atoms. The normalized spacial score (nSPS) is 19.6. The van der Waals surface area contributed by atoms with Crippen LogP contribution in [0.3, 0.4) is 0 Å². The molecule has 7 nitrogen and oxygen atoms in total. The average Bonchev–Trinajstić information content (AvgIpc) is 3.28. The minimum absolute atomic E-state index is 0.0315. The van der Waals surface area contributed by atoms with Crippen molar-refractivity contribution in [3.63, 3.8) is 0 Å². The van der Waals surface area contributed by atoms with Gasteiger partial charge in [-0.15, -0.1) is 15.3 Å². The van der Waals surface area contributed by atoms with E-state index < -0.39 is 18.4 Å². The second-order valence-corrected chi connectivity index (χ2v) is 6.78. The van der Waals surface area contributed by atoms with Crippen LogP contribution < -0.4 is 4.90 Å². The molecule has 2 unspecified atom stereocenters. The van der Waals surface area contributed by atoms with Crippen LogP contribution in [0.4, 0.5) is 14.6 Å². The number of aliphatic hydroxyl groups excluding tert-OH is 1. The first kappa shape index (κ1) is 17.8. The number of aliphatic hydroxyl groups is 1. The van der Waals surface area contributed by atoms with Gasteiger partial charge in [0.05, 0.1) is 6.26 Å². The van der Waals surface area contributed by atoms with Gasteiger partial charge < -0.3 is 14.4 Å². The van der Waals surface area contributed by atoms with Gasteiger partial charge in [-0.25, -0.2) is 8.78 Å². The molecule has 4 rings (SSSR count). The van der Waals surface area contributed by atoms with Gasteiger partial charge in [0.2, 0.25) is 5.82 Å². The van der Waals surface area contributed by atoms with Gasteiger partial charge in [0.15, 0.2) is 5.65 Å². The molecule has 3 aromatic rings. The predicted molar refractivity (Wildman–Crippen MR) is 93.6 cm³/mol. The van der Waals surface area contributed by atoms with E-state index in [1.54, 1.807) is 24.3 Å². The van der Waals surface area contributed by atoms with E-state index >= 15 is 0 Å². The number of nitrogens with zero attached hydrogens (tertiary/aromatic N) is 5. The van der Waals surface area contributed by atoms with E-state index in [0.29, 0.717) is 18.0 Å². The maximum Gasteiger partial charge on any atom is 0.299 e. The second-order valence-electron chi connectivity index (χ2n) is 6.78. The third-order valence-corrected chi connectivity index (χ3v) is 5.01. The first-order valence-electron chi connectivity index (χ1n) is 9.12. The van der Waals surface area contributed by atoms with Crippen molar-refractivity contribution in [2.24, 2.45) is 0 Å². The summed E-state index contributed by atoms with van der Waals surface area (Å²) in [6.45, 7) is 0.750. The standard InChI is InChI=1S/C18H21F2N5O2/c19-17(20)18-22-21-15-7-8-16(23-25(15)18)24-9-3-1-2-5-12(24)11-13(26)14-6-4-10-27-14/h4,6-8,10,12-13,17,26H,1-3,5,9,11H2. The smallest absolute Gasteiger partial charge is 0.299 e. The Kier molecular flexibility index (Phi) is 5.02. The van der Waals surface area contributed by atoms with Crippen molar-refractivity contribution in [1.29, 1.82) is 0 Å². The lowest BCUT2D eigenvalue weighted by molar-refractivity contribution is 0.129. The van der Waals surface area contributed by atoms with Crippen LogP contribution in [0.2, 0.25) is 0 Å². The molecule has 0 spiro atoms. The summed E-state index contributed by atoms with van der Waals surface area (Å²) in [5.74, 6) is 0.651. The Bertz CT molecular complexity index is 883. The van der Waals surface area contributed by atoms with Gasteiger partial charge in [-0.1, -0.05) is 12.8 Å². The molecule has 1 saturated heterocycles. The number of anilines is 1. The first-order valence-corrected chi connectivity index (χ1v) is 9.12. The van der Waals surface area contributed by atoms with Crippen LogP contribution in [0, 0.1) is 0 Å². The van der Waals surface area contributed by atoms with E-state index in [1.807, 2.05) is 0 Å². The van der Waals surface area contributed by atoms with Crippen molar-refractivity contribution < 1.29 is 18.3 Å². The zero-order valence-corrected chi connectivity index (χ0v) is 14.7. The van der Waals surface area contributed by atoms with E-state index in [4.69, 9.17) is 4.42 Å². The molecule has 1 aliphatic rings.